The van der Waals surface area contributed by atoms with Crippen LogP contribution in [-0.2, 0) is 65.4 Å². The molecule has 0 spiro atoms. The van der Waals surface area contributed by atoms with Crippen molar-refractivity contribution in [3.05, 3.63) is 0 Å². The first kappa shape index (κ1) is 85.1. The molecule has 0 aliphatic rings. The molecule has 19 heteroatoms. The quantitative estimate of drug-likeness (QED) is 0.0222. The maximum atomic E-state index is 13.0. The molecule has 0 radical (unpaired) electrons. The second kappa shape index (κ2) is 60.3. The van der Waals surface area contributed by atoms with Crippen LogP contribution < -0.4 is 0 Å². The number of rotatable bonds is 67. The standard InChI is InChI=1S/C68H132O17P2/c1-7-11-13-15-17-33-40-46-52-67(72)84-63(56-78-65(70)50-44-38-30-16-14-12-8-2)58-82-86(74,75)80-54-62(69)55-81-87(76,77)83-59-64(57-79-66(71)51-45-39-34-28-25-24-27-32-37-43-49-61(6)10-4)85-68(73)53-47-41-35-29-23-21-19-18-20-22-26-31-36-42-48-60(5)9-3/h60-64,69H,7-59H2,1-6H3,(H,74,75)(H,76,77)/t60?,61?,62-,63+,64+/m0/s1. The van der Waals surface area contributed by atoms with Crippen molar-refractivity contribution in [2.75, 3.05) is 39.6 Å². The molecule has 87 heavy (non-hydrogen) atoms. The Hall–Kier alpha value is -1.94. The van der Waals surface area contributed by atoms with Crippen LogP contribution in [0.3, 0.4) is 0 Å². The van der Waals surface area contributed by atoms with E-state index in [1.54, 1.807) is 0 Å². The molecule has 17 nitrogen and oxygen atoms in total. The van der Waals surface area contributed by atoms with Gasteiger partial charge in [0.2, 0.25) is 0 Å². The number of hydrogen-bond acceptors (Lipinski definition) is 15. The third kappa shape index (κ3) is 60.1. The Labute approximate surface area is 530 Å². The van der Waals surface area contributed by atoms with Gasteiger partial charge in [0, 0.05) is 25.7 Å². The van der Waals surface area contributed by atoms with E-state index in [0.29, 0.717) is 25.7 Å². The number of aliphatic hydroxyl groups is 1. The zero-order valence-electron chi connectivity index (χ0n) is 56.3. The van der Waals surface area contributed by atoms with Gasteiger partial charge in [-0.1, -0.05) is 292 Å². The van der Waals surface area contributed by atoms with E-state index in [0.717, 1.165) is 121 Å². The fourth-order valence-corrected chi connectivity index (χ4v) is 11.8. The molecule has 0 aromatic carbocycles. The van der Waals surface area contributed by atoms with Gasteiger partial charge >= 0.3 is 39.5 Å². The Balaban J connectivity index is 5.18. The molecule has 0 rings (SSSR count). The van der Waals surface area contributed by atoms with Gasteiger partial charge in [-0.25, -0.2) is 9.13 Å². The Kier molecular flexibility index (Phi) is 59.0. The monoisotopic (exact) mass is 1280 g/mol. The predicted octanol–water partition coefficient (Wildman–Crippen LogP) is 19.2. The fraction of sp³-hybridized carbons (Fsp3) is 0.941. The Morgan fingerprint density at radius 3 is 0.816 bits per heavy atom. The summed E-state index contributed by atoms with van der Waals surface area (Å²) in [6.45, 7) is 9.54. The van der Waals surface area contributed by atoms with Crippen molar-refractivity contribution in [1.29, 1.82) is 0 Å². The molecule has 0 aliphatic carbocycles. The zero-order chi connectivity index (χ0) is 64.3. The summed E-state index contributed by atoms with van der Waals surface area (Å²) in [6, 6.07) is 0. The number of unbranched alkanes of at least 4 members (excludes halogenated alkanes) is 35. The molecule has 0 bridgehead atoms. The summed E-state index contributed by atoms with van der Waals surface area (Å²) in [5.41, 5.74) is 0. The van der Waals surface area contributed by atoms with E-state index in [4.69, 9.17) is 37.0 Å². The number of carbonyl (C=O) groups is 4. The third-order valence-electron chi connectivity index (χ3n) is 16.4. The maximum Gasteiger partial charge on any atom is 0.472 e. The highest BCUT2D eigenvalue weighted by Gasteiger charge is 2.30. The number of ether oxygens (including phenoxy) is 4. The summed E-state index contributed by atoms with van der Waals surface area (Å²) in [5.74, 6) is -0.479. The van der Waals surface area contributed by atoms with Gasteiger partial charge in [0.05, 0.1) is 26.4 Å². The van der Waals surface area contributed by atoms with Crippen molar-refractivity contribution in [1.82, 2.24) is 0 Å². The van der Waals surface area contributed by atoms with E-state index < -0.39 is 97.5 Å². The smallest absolute Gasteiger partial charge is 0.462 e. The number of carbonyl (C=O) groups excluding carboxylic acids is 4. The molecule has 0 aliphatic heterocycles. The number of phosphoric ester groups is 2. The van der Waals surface area contributed by atoms with Gasteiger partial charge in [0.1, 0.15) is 19.3 Å². The Morgan fingerprint density at radius 1 is 0.322 bits per heavy atom. The molecule has 0 saturated carbocycles. The highest BCUT2D eigenvalue weighted by molar-refractivity contribution is 7.47. The number of hydrogen-bond donors (Lipinski definition) is 3. The van der Waals surface area contributed by atoms with Crippen molar-refractivity contribution in [3.63, 3.8) is 0 Å². The van der Waals surface area contributed by atoms with Crippen LogP contribution in [0.15, 0.2) is 0 Å². The SMILES string of the molecule is CCCCCCCCCCC(=O)O[C@H](COC(=O)CCCCCCCCC)COP(=O)(O)OC[C@H](O)COP(=O)(O)OC[C@@H](COC(=O)CCCCCCCCCCCCC(C)CC)OC(=O)CCCCCCCCCCCCCCCCC(C)CC. The Bertz CT molecular complexity index is 1700. The molecule has 0 fully saturated rings. The van der Waals surface area contributed by atoms with E-state index in [-0.39, 0.29) is 25.7 Å². The summed E-state index contributed by atoms with van der Waals surface area (Å²) in [4.78, 5) is 72.2. The first-order valence-corrected chi connectivity index (χ1v) is 38.6. The van der Waals surface area contributed by atoms with Crippen LogP contribution in [-0.4, -0.2) is 96.7 Å². The van der Waals surface area contributed by atoms with Gasteiger partial charge in [-0.2, -0.15) is 0 Å². The normalized spacial score (nSPS) is 14.8. The van der Waals surface area contributed by atoms with Crippen LogP contribution in [0.5, 0.6) is 0 Å². The van der Waals surface area contributed by atoms with Gasteiger partial charge in [0.25, 0.3) is 0 Å². The molecule has 7 atom stereocenters. The highest BCUT2D eigenvalue weighted by Crippen LogP contribution is 2.45. The first-order chi connectivity index (χ1) is 41.9. The van der Waals surface area contributed by atoms with Crippen LogP contribution in [0.1, 0.15) is 343 Å². The highest BCUT2D eigenvalue weighted by atomic mass is 31.2. The summed E-state index contributed by atoms with van der Waals surface area (Å²) >= 11 is 0. The molecule has 516 valence electrons. The molecule has 0 amide bonds. The average Bonchev–Trinajstić information content (AvgIpc) is 3.59. The minimum absolute atomic E-state index is 0.104. The van der Waals surface area contributed by atoms with E-state index >= 15 is 0 Å². The van der Waals surface area contributed by atoms with Crippen LogP contribution in [0.25, 0.3) is 0 Å². The predicted molar refractivity (Wildman–Crippen MR) is 349 cm³/mol. The minimum atomic E-state index is -4.95. The van der Waals surface area contributed by atoms with Gasteiger partial charge in [0.15, 0.2) is 12.2 Å². The Morgan fingerprint density at radius 2 is 0.552 bits per heavy atom. The van der Waals surface area contributed by atoms with E-state index in [9.17, 15) is 43.2 Å². The minimum Gasteiger partial charge on any atom is -0.462 e. The lowest BCUT2D eigenvalue weighted by Gasteiger charge is -2.21. The van der Waals surface area contributed by atoms with E-state index in [2.05, 4.69) is 41.5 Å². The van der Waals surface area contributed by atoms with Crippen molar-refractivity contribution < 1.29 is 80.2 Å². The third-order valence-corrected chi connectivity index (χ3v) is 18.3. The largest absolute Gasteiger partial charge is 0.472 e. The number of esters is 4. The van der Waals surface area contributed by atoms with E-state index in [1.807, 2.05) is 0 Å². The summed E-state index contributed by atoms with van der Waals surface area (Å²) in [6.07, 6.45) is 44.5. The zero-order valence-corrected chi connectivity index (χ0v) is 58.1. The van der Waals surface area contributed by atoms with Gasteiger partial charge < -0.3 is 33.8 Å². The van der Waals surface area contributed by atoms with Crippen molar-refractivity contribution >= 4 is 39.5 Å². The molecule has 0 aromatic heterocycles. The first-order valence-electron chi connectivity index (χ1n) is 35.6. The van der Waals surface area contributed by atoms with Crippen LogP contribution >= 0.6 is 15.6 Å². The van der Waals surface area contributed by atoms with Crippen LogP contribution in [0.2, 0.25) is 0 Å². The lowest BCUT2D eigenvalue weighted by Crippen LogP contribution is -2.30. The molecular formula is C68H132O17P2. The van der Waals surface area contributed by atoms with Gasteiger partial charge in [-0.05, 0) is 37.5 Å². The number of phosphoric acid groups is 2. The maximum absolute atomic E-state index is 13.0. The lowest BCUT2D eigenvalue weighted by atomic mass is 9.99. The second-order valence-corrected chi connectivity index (χ2v) is 28.0. The van der Waals surface area contributed by atoms with Crippen molar-refractivity contribution in [2.45, 2.75) is 362 Å². The number of aliphatic hydroxyl groups excluding tert-OH is 1. The molecular weight excluding hydrogens is 1150 g/mol. The van der Waals surface area contributed by atoms with Crippen molar-refractivity contribution in [2.24, 2.45) is 11.8 Å². The lowest BCUT2D eigenvalue weighted by molar-refractivity contribution is -0.161. The summed E-state index contributed by atoms with van der Waals surface area (Å²) in [5, 5.41) is 10.5. The van der Waals surface area contributed by atoms with Crippen LogP contribution in [0.4, 0.5) is 0 Å². The second-order valence-electron chi connectivity index (χ2n) is 25.0. The molecule has 0 saturated heterocycles. The summed E-state index contributed by atoms with van der Waals surface area (Å²) in [7, 11) is -9.89. The van der Waals surface area contributed by atoms with E-state index in [1.165, 1.54) is 141 Å². The molecule has 3 N–H and O–H groups in total. The van der Waals surface area contributed by atoms with Gasteiger partial charge in [-0.15, -0.1) is 0 Å². The molecule has 0 aromatic rings. The molecule has 4 unspecified atom stereocenters. The average molecular weight is 1280 g/mol. The van der Waals surface area contributed by atoms with Gasteiger partial charge in [-0.3, -0.25) is 37.3 Å². The fourth-order valence-electron chi connectivity index (χ4n) is 10.2. The summed E-state index contributed by atoms with van der Waals surface area (Å²) < 4.78 is 68.0. The van der Waals surface area contributed by atoms with Crippen molar-refractivity contribution in [3.8, 4) is 0 Å². The molecule has 0 heterocycles. The van der Waals surface area contributed by atoms with Crippen LogP contribution in [0, 0.1) is 11.8 Å². The topological polar surface area (TPSA) is 237 Å².